The van der Waals surface area contributed by atoms with Gasteiger partial charge in [0.15, 0.2) is 0 Å². The van der Waals surface area contributed by atoms with Gasteiger partial charge in [-0.1, -0.05) is 40.2 Å². The second kappa shape index (κ2) is 11.0. The molecule has 7 nitrogen and oxygen atoms in total. The average Bonchev–Trinajstić information content (AvgIpc) is 2.72. The number of benzene rings is 2. The Labute approximate surface area is 199 Å². The fourth-order valence-electron chi connectivity index (χ4n) is 3.29. The van der Waals surface area contributed by atoms with Gasteiger partial charge in [0.05, 0.1) is 11.9 Å². The van der Waals surface area contributed by atoms with Crippen LogP contribution >= 0.6 is 15.9 Å². The fourth-order valence-corrected chi connectivity index (χ4v) is 4.46. The first kappa shape index (κ1) is 25.9. The van der Waals surface area contributed by atoms with Crippen LogP contribution in [0.25, 0.3) is 0 Å². The summed E-state index contributed by atoms with van der Waals surface area (Å²) < 4.78 is 27.3. The molecule has 0 aliphatic carbocycles. The molecule has 1 atom stereocenters. The summed E-state index contributed by atoms with van der Waals surface area (Å²) in [5.74, 6) is -0.756. The third-order valence-electron chi connectivity index (χ3n) is 5.31. The summed E-state index contributed by atoms with van der Waals surface area (Å²) in [5, 5.41) is 2.74. The number of hydrogen-bond donors (Lipinski definition) is 1. The highest BCUT2D eigenvalue weighted by Crippen LogP contribution is 2.25. The van der Waals surface area contributed by atoms with E-state index in [1.807, 2.05) is 44.2 Å². The molecule has 2 amide bonds. The fraction of sp³-hybridized carbons (Fsp3) is 0.391. The SMILES string of the molecule is CCNC(=O)[C@@H](C)N(Cc1ccc(Br)cc1)C(=O)CN(c1cccc(C)c1C)S(C)(=O)=O. The van der Waals surface area contributed by atoms with Gasteiger partial charge in [-0.25, -0.2) is 8.42 Å². The van der Waals surface area contributed by atoms with Gasteiger partial charge in [-0.05, 0) is 62.6 Å². The Hall–Kier alpha value is -2.39. The van der Waals surface area contributed by atoms with E-state index in [1.165, 1.54) is 4.90 Å². The summed E-state index contributed by atoms with van der Waals surface area (Å²) in [6.07, 6.45) is 1.08. The highest BCUT2D eigenvalue weighted by molar-refractivity contribution is 9.10. The van der Waals surface area contributed by atoms with Crippen molar-refractivity contribution in [1.82, 2.24) is 10.2 Å². The number of carbonyl (C=O) groups is 2. The molecule has 32 heavy (non-hydrogen) atoms. The van der Waals surface area contributed by atoms with Crippen molar-refractivity contribution in [2.24, 2.45) is 0 Å². The van der Waals surface area contributed by atoms with E-state index in [9.17, 15) is 18.0 Å². The molecule has 2 rings (SSSR count). The molecule has 174 valence electrons. The van der Waals surface area contributed by atoms with Gasteiger partial charge in [-0.2, -0.15) is 0 Å². The van der Waals surface area contributed by atoms with Crippen LogP contribution in [0, 0.1) is 13.8 Å². The van der Waals surface area contributed by atoms with Crippen molar-refractivity contribution >= 4 is 43.5 Å². The van der Waals surface area contributed by atoms with Crippen molar-refractivity contribution in [1.29, 1.82) is 0 Å². The lowest BCUT2D eigenvalue weighted by Crippen LogP contribution is -2.51. The van der Waals surface area contributed by atoms with E-state index in [4.69, 9.17) is 0 Å². The third-order valence-corrected chi connectivity index (χ3v) is 6.96. The molecule has 0 radical (unpaired) electrons. The molecule has 2 aromatic rings. The predicted octanol–water partition coefficient (Wildman–Crippen LogP) is 3.39. The zero-order valence-electron chi connectivity index (χ0n) is 19.1. The van der Waals surface area contributed by atoms with E-state index >= 15 is 0 Å². The van der Waals surface area contributed by atoms with Crippen molar-refractivity contribution in [2.75, 3.05) is 23.7 Å². The highest BCUT2D eigenvalue weighted by atomic mass is 79.9. The molecule has 9 heteroatoms. The summed E-state index contributed by atoms with van der Waals surface area (Å²) in [5.41, 5.74) is 2.98. The number of anilines is 1. The number of rotatable bonds is 9. The molecule has 0 saturated heterocycles. The molecule has 0 spiro atoms. The monoisotopic (exact) mass is 523 g/mol. The van der Waals surface area contributed by atoms with Gasteiger partial charge >= 0.3 is 0 Å². The standard InChI is InChI=1S/C23H30BrN3O4S/c1-6-25-23(29)18(4)26(14-19-10-12-20(24)13-11-19)22(28)15-27(32(5,30)31)21-9-7-8-16(2)17(21)3/h7-13,18H,6,14-15H2,1-5H3,(H,25,29)/t18-/m1/s1. The lowest BCUT2D eigenvalue weighted by molar-refractivity contribution is -0.139. The van der Waals surface area contributed by atoms with Crippen molar-refractivity contribution in [2.45, 2.75) is 40.3 Å². The zero-order valence-corrected chi connectivity index (χ0v) is 21.5. The number of halogens is 1. The molecule has 0 heterocycles. The topological polar surface area (TPSA) is 86.8 Å². The zero-order chi connectivity index (χ0) is 24.1. The van der Waals surface area contributed by atoms with Crippen LogP contribution in [0.3, 0.4) is 0 Å². The molecule has 0 unspecified atom stereocenters. The third kappa shape index (κ3) is 6.56. The molecule has 0 fully saturated rings. The van der Waals surface area contributed by atoms with E-state index in [2.05, 4.69) is 21.2 Å². The first-order valence-corrected chi connectivity index (χ1v) is 12.9. The summed E-state index contributed by atoms with van der Waals surface area (Å²) in [6, 6.07) is 12.0. The van der Waals surface area contributed by atoms with Crippen LogP contribution in [0.1, 0.15) is 30.5 Å². The maximum Gasteiger partial charge on any atom is 0.244 e. The number of likely N-dealkylation sites (N-methyl/N-ethyl adjacent to an activating group) is 1. The first-order chi connectivity index (χ1) is 15.0. The van der Waals surface area contributed by atoms with Crippen LogP contribution in [0.5, 0.6) is 0 Å². The minimum absolute atomic E-state index is 0.175. The van der Waals surface area contributed by atoms with E-state index in [0.717, 1.165) is 31.7 Å². The van der Waals surface area contributed by atoms with Gasteiger partial charge in [-0.3, -0.25) is 13.9 Å². The van der Waals surface area contributed by atoms with E-state index in [1.54, 1.807) is 26.0 Å². The molecular formula is C23H30BrN3O4S. The van der Waals surface area contributed by atoms with Crippen molar-refractivity contribution in [3.05, 3.63) is 63.6 Å². The summed E-state index contributed by atoms with van der Waals surface area (Å²) in [6.45, 7) is 7.36. The van der Waals surface area contributed by atoms with Gasteiger partial charge < -0.3 is 10.2 Å². The van der Waals surface area contributed by atoms with Gasteiger partial charge in [-0.15, -0.1) is 0 Å². The Morgan fingerprint density at radius 1 is 1.09 bits per heavy atom. The molecule has 0 aromatic heterocycles. The lowest BCUT2D eigenvalue weighted by Gasteiger charge is -2.32. The number of amides is 2. The smallest absolute Gasteiger partial charge is 0.244 e. The summed E-state index contributed by atoms with van der Waals surface area (Å²) in [7, 11) is -3.74. The minimum Gasteiger partial charge on any atom is -0.355 e. The van der Waals surface area contributed by atoms with E-state index in [0.29, 0.717) is 12.2 Å². The molecule has 0 saturated carbocycles. The highest BCUT2D eigenvalue weighted by Gasteiger charge is 2.30. The molecule has 1 N–H and O–H groups in total. The predicted molar refractivity (Wildman–Crippen MR) is 131 cm³/mol. The number of aryl methyl sites for hydroxylation is 1. The first-order valence-electron chi connectivity index (χ1n) is 10.3. The Kier molecular flexibility index (Phi) is 8.86. The van der Waals surface area contributed by atoms with Gasteiger partial charge in [0.2, 0.25) is 21.8 Å². The van der Waals surface area contributed by atoms with Crippen LogP contribution in [0.4, 0.5) is 5.69 Å². The second-order valence-corrected chi connectivity index (χ2v) is 10.5. The number of sulfonamides is 1. The second-order valence-electron chi connectivity index (χ2n) is 7.71. The van der Waals surface area contributed by atoms with Crippen LogP contribution in [0.15, 0.2) is 46.9 Å². The Balaban J connectivity index is 2.42. The molecular weight excluding hydrogens is 494 g/mol. The molecule has 2 aromatic carbocycles. The van der Waals surface area contributed by atoms with Gasteiger partial charge in [0.1, 0.15) is 12.6 Å². The quantitative estimate of drug-likeness (QED) is 0.545. The number of nitrogens with zero attached hydrogens (tertiary/aromatic N) is 2. The van der Waals surface area contributed by atoms with Crippen LogP contribution in [0.2, 0.25) is 0 Å². The molecule has 0 bridgehead atoms. The maximum absolute atomic E-state index is 13.4. The maximum atomic E-state index is 13.4. The van der Waals surface area contributed by atoms with E-state index in [-0.39, 0.29) is 12.5 Å². The Morgan fingerprint density at radius 2 is 1.72 bits per heavy atom. The van der Waals surface area contributed by atoms with Crippen molar-refractivity contribution < 1.29 is 18.0 Å². The molecule has 0 aliphatic rings. The Morgan fingerprint density at radius 3 is 2.28 bits per heavy atom. The van der Waals surface area contributed by atoms with E-state index < -0.39 is 28.5 Å². The number of nitrogens with one attached hydrogen (secondary N) is 1. The number of hydrogen-bond acceptors (Lipinski definition) is 4. The number of carbonyl (C=O) groups excluding carboxylic acids is 2. The average molecular weight is 524 g/mol. The van der Waals surface area contributed by atoms with Crippen LogP contribution < -0.4 is 9.62 Å². The Bertz CT molecular complexity index is 1070. The summed E-state index contributed by atoms with van der Waals surface area (Å²) in [4.78, 5) is 27.4. The van der Waals surface area contributed by atoms with Crippen LogP contribution in [-0.2, 0) is 26.2 Å². The minimum atomic E-state index is -3.74. The van der Waals surface area contributed by atoms with Crippen molar-refractivity contribution in [3.8, 4) is 0 Å². The normalized spacial score (nSPS) is 12.2. The van der Waals surface area contributed by atoms with Crippen molar-refractivity contribution in [3.63, 3.8) is 0 Å². The van der Waals surface area contributed by atoms with Gasteiger partial charge in [0.25, 0.3) is 0 Å². The lowest BCUT2D eigenvalue weighted by atomic mass is 10.1. The largest absolute Gasteiger partial charge is 0.355 e. The van der Waals surface area contributed by atoms with Gasteiger partial charge in [0, 0.05) is 17.6 Å². The summed E-state index contributed by atoms with van der Waals surface area (Å²) >= 11 is 3.39. The molecule has 0 aliphatic heterocycles. The van der Waals surface area contributed by atoms with Crippen LogP contribution in [-0.4, -0.2) is 50.5 Å².